The van der Waals surface area contributed by atoms with E-state index in [1.54, 1.807) is 0 Å². The zero-order valence-electron chi connectivity index (χ0n) is 12.5. The minimum atomic E-state index is 0.0566. The van der Waals surface area contributed by atoms with Gasteiger partial charge in [0.1, 0.15) is 5.82 Å². The number of aliphatic hydroxyl groups excluding tert-OH is 1. The molecule has 0 aliphatic heterocycles. The average Bonchev–Trinajstić information content (AvgIpc) is 2.57. The normalized spacial score (nSPS) is 10.6. The lowest BCUT2D eigenvalue weighted by Crippen LogP contribution is -1.97. The maximum Gasteiger partial charge on any atom is 0.132 e. The van der Waals surface area contributed by atoms with E-state index in [1.807, 2.05) is 36.7 Å². The second-order valence-electron chi connectivity index (χ2n) is 5.41. The molecule has 3 rings (SSSR count). The first kappa shape index (κ1) is 14.4. The van der Waals surface area contributed by atoms with Crippen LogP contribution in [0.4, 0.5) is 0 Å². The third kappa shape index (κ3) is 3.38. The van der Waals surface area contributed by atoms with Gasteiger partial charge in [-0.05, 0) is 23.6 Å². The van der Waals surface area contributed by atoms with Crippen LogP contribution in [0.3, 0.4) is 0 Å². The average molecular weight is 290 g/mol. The molecule has 0 aliphatic rings. The number of aryl methyl sites for hydroxylation is 1. The highest BCUT2D eigenvalue weighted by molar-refractivity contribution is 5.61. The second-order valence-corrected chi connectivity index (χ2v) is 5.41. The van der Waals surface area contributed by atoms with Crippen LogP contribution in [-0.2, 0) is 13.0 Å². The van der Waals surface area contributed by atoms with Crippen LogP contribution in [0.5, 0.6) is 0 Å². The van der Waals surface area contributed by atoms with E-state index >= 15 is 0 Å². The van der Waals surface area contributed by atoms with Crippen LogP contribution < -0.4 is 0 Å². The fraction of sp³-hybridized carbons (Fsp3) is 0.158. The molecule has 0 saturated carbocycles. The third-order valence-corrected chi connectivity index (χ3v) is 3.63. The van der Waals surface area contributed by atoms with Gasteiger partial charge in [-0.1, -0.05) is 54.1 Å². The van der Waals surface area contributed by atoms with Gasteiger partial charge in [0.15, 0.2) is 0 Å². The van der Waals surface area contributed by atoms with E-state index in [1.165, 1.54) is 5.56 Å². The molecule has 0 amide bonds. The monoisotopic (exact) mass is 290 g/mol. The van der Waals surface area contributed by atoms with E-state index in [0.717, 1.165) is 28.1 Å². The van der Waals surface area contributed by atoms with Gasteiger partial charge in [-0.25, -0.2) is 9.97 Å². The van der Waals surface area contributed by atoms with E-state index in [4.69, 9.17) is 0 Å². The number of rotatable bonds is 4. The summed E-state index contributed by atoms with van der Waals surface area (Å²) in [5, 5.41) is 9.18. The molecule has 0 unspecified atom stereocenters. The highest BCUT2D eigenvalue weighted by atomic mass is 16.3. The molecule has 0 radical (unpaired) electrons. The minimum Gasteiger partial charge on any atom is -0.392 e. The smallest absolute Gasteiger partial charge is 0.132 e. The fourth-order valence-electron chi connectivity index (χ4n) is 2.36. The second kappa shape index (κ2) is 6.50. The molecule has 3 heteroatoms. The van der Waals surface area contributed by atoms with Gasteiger partial charge in [-0.3, -0.25) is 0 Å². The molecule has 3 nitrogen and oxygen atoms in total. The summed E-state index contributed by atoms with van der Waals surface area (Å²) in [6.45, 7) is 2.13. The van der Waals surface area contributed by atoms with E-state index in [-0.39, 0.29) is 6.61 Å². The molecule has 0 spiro atoms. The van der Waals surface area contributed by atoms with Crippen molar-refractivity contribution in [2.75, 3.05) is 0 Å². The molecule has 2 aromatic carbocycles. The molecule has 0 atom stereocenters. The molecule has 0 fully saturated rings. The van der Waals surface area contributed by atoms with Gasteiger partial charge in [0.25, 0.3) is 0 Å². The number of benzene rings is 2. The van der Waals surface area contributed by atoms with E-state index in [2.05, 4.69) is 41.2 Å². The third-order valence-electron chi connectivity index (χ3n) is 3.63. The van der Waals surface area contributed by atoms with Crippen molar-refractivity contribution < 1.29 is 5.11 Å². The Hall–Kier alpha value is -2.52. The van der Waals surface area contributed by atoms with Crippen LogP contribution in [0.1, 0.15) is 22.5 Å². The number of aliphatic hydroxyl groups is 1. The predicted molar refractivity (Wildman–Crippen MR) is 87.4 cm³/mol. The standard InChI is InChI=1S/C19H18N2O/c1-14-5-7-17(8-6-14)18-11-20-19(21-12-18)10-15-3-2-4-16(9-15)13-22/h2-9,11-12,22H,10,13H2,1H3. The van der Waals surface area contributed by atoms with E-state index < -0.39 is 0 Å². The van der Waals surface area contributed by atoms with Crippen LogP contribution >= 0.6 is 0 Å². The molecule has 3 aromatic rings. The molecular formula is C19H18N2O. The van der Waals surface area contributed by atoms with Crippen molar-refractivity contribution in [1.82, 2.24) is 9.97 Å². The maximum absolute atomic E-state index is 9.18. The van der Waals surface area contributed by atoms with Crippen molar-refractivity contribution in [1.29, 1.82) is 0 Å². The van der Waals surface area contributed by atoms with Gasteiger partial charge in [-0.2, -0.15) is 0 Å². The molecule has 0 aliphatic carbocycles. The minimum absolute atomic E-state index is 0.0566. The fourth-order valence-corrected chi connectivity index (χ4v) is 2.36. The van der Waals surface area contributed by atoms with Crippen LogP contribution in [0.2, 0.25) is 0 Å². The molecule has 1 N–H and O–H groups in total. The summed E-state index contributed by atoms with van der Waals surface area (Å²) >= 11 is 0. The molecule has 22 heavy (non-hydrogen) atoms. The van der Waals surface area contributed by atoms with Gasteiger partial charge >= 0.3 is 0 Å². The zero-order chi connectivity index (χ0) is 15.4. The lowest BCUT2D eigenvalue weighted by molar-refractivity contribution is 0.281. The Labute approximate surface area is 130 Å². The molecular weight excluding hydrogens is 272 g/mol. The topological polar surface area (TPSA) is 46.0 Å². The highest BCUT2D eigenvalue weighted by Crippen LogP contribution is 2.18. The van der Waals surface area contributed by atoms with Crippen LogP contribution in [0.15, 0.2) is 60.9 Å². The summed E-state index contributed by atoms with van der Waals surface area (Å²) < 4.78 is 0. The van der Waals surface area contributed by atoms with E-state index in [9.17, 15) is 5.11 Å². The zero-order valence-corrected chi connectivity index (χ0v) is 12.5. The highest BCUT2D eigenvalue weighted by Gasteiger charge is 2.03. The first-order chi connectivity index (χ1) is 10.7. The van der Waals surface area contributed by atoms with Crippen molar-refractivity contribution in [2.45, 2.75) is 20.0 Å². The maximum atomic E-state index is 9.18. The molecule has 0 saturated heterocycles. The Morgan fingerprint density at radius 1 is 0.864 bits per heavy atom. The first-order valence-electron chi connectivity index (χ1n) is 7.31. The van der Waals surface area contributed by atoms with Gasteiger partial charge in [0.05, 0.1) is 6.61 Å². The van der Waals surface area contributed by atoms with Crippen molar-refractivity contribution >= 4 is 0 Å². The van der Waals surface area contributed by atoms with Crippen molar-refractivity contribution in [3.05, 3.63) is 83.4 Å². The summed E-state index contributed by atoms with van der Waals surface area (Å²) in [7, 11) is 0. The summed E-state index contributed by atoms with van der Waals surface area (Å²) in [4.78, 5) is 8.91. The summed E-state index contributed by atoms with van der Waals surface area (Å²) in [5.74, 6) is 0.783. The summed E-state index contributed by atoms with van der Waals surface area (Å²) in [5.41, 5.74) is 5.40. The van der Waals surface area contributed by atoms with E-state index in [0.29, 0.717) is 6.42 Å². The summed E-state index contributed by atoms with van der Waals surface area (Å²) in [6, 6.07) is 16.2. The quantitative estimate of drug-likeness (QED) is 0.799. The van der Waals surface area contributed by atoms with Crippen LogP contribution in [0, 0.1) is 6.92 Å². The Balaban J connectivity index is 1.77. The lowest BCUT2D eigenvalue weighted by Gasteiger charge is -2.05. The molecule has 1 aromatic heterocycles. The Bertz CT molecular complexity index is 749. The molecule has 0 bridgehead atoms. The van der Waals surface area contributed by atoms with Gasteiger partial charge < -0.3 is 5.11 Å². The number of nitrogens with zero attached hydrogens (tertiary/aromatic N) is 2. The Morgan fingerprint density at radius 3 is 2.23 bits per heavy atom. The number of aromatic nitrogens is 2. The van der Waals surface area contributed by atoms with Gasteiger partial charge in [-0.15, -0.1) is 0 Å². The van der Waals surface area contributed by atoms with Crippen molar-refractivity contribution in [3.63, 3.8) is 0 Å². The van der Waals surface area contributed by atoms with Crippen molar-refractivity contribution in [2.24, 2.45) is 0 Å². The first-order valence-corrected chi connectivity index (χ1v) is 7.31. The van der Waals surface area contributed by atoms with Gasteiger partial charge in [0.2, 0.25) is 0 Å². The number of hydrogen-bond acceptors (Lipinski definition) is 3. The van der Waals surface area contributed by atoms with Crippen molar-refractivity contribution in [3.8, 4) is 11.1 Å². The van der Waals surface area contributed by atoms with Crippen LogP contribution in [0.25, 0.3) is 11.1 Å². The lowest BCUT2D eigenvalue weighted by atomic mass is 10.1. The summed E-state index contributed by atoms with van der Waals surface area (Å²) in [6.07, 6.45) is 4.40. The Kier molecular flexibility index (Phi) is 4.26. The van der Waals surface area contributed by atoms with Gasteiger partial charge in [0, 0.05) is 24.4 Å². The number of hydrogen-bond donors (Lipinski definition) is 1. The molecule has 1 heterocycles. The van der Waals surface area contributed by atoms with Crippen LogP contribution in [-0.4, -0.2) is 15.1 Å². The largest absolute Gasteiger partial charge is 0.392 e. The predicted octanol–water partition coefficient (Wildman–Crippen LogP) is 3.54. The SMILES string of the molecule is Cc1ccc(-c2cnc(Cc3cccc(CO)c3)nc2)cc1. The Morgan fingerprint density at radius 2 is 1.55 bits per heavy atom. The molecule has 110 valence electrons.